The summed E-state index contributed by atoms with van der Waals surface area (Å²) < 4.78 is 28.0. The fourth-order valence-electron chi connectivity index (χ4n) is 7.23. The van der Waals surface area contributed by atoms with Gasteiger partial charge in [0.05, 0.1) is 11.2 Å². The van der Waals surface area contributed by atoms with Gasteiger partial charge < -0.3 is 10.0 Å². The third-order valence-electron chi connectivity index (χ3n) is 9.34. The lowest BCUT2D eigenvalue weighted by molar-refractivity contribution is -0.135. The monoisotopic (exact) mass is 482 g/mol. The first-order valence-electron chi connectivity index (χ1n) is 13.4. The summed E-state index contributed by atoms with van der Waals surface area (Å²) in [4.78, 5) is 15.2. The summed E-state index contributed by atoms with van der Waals surface area (Å²) in [6, 6.07) is 0.244. The number of nitrogens with zero attached hydrogens (tertiary/aromatic N) is 3. The van der Waals surface area contributed by atoms with Crippen LogP contribution in [0.5, 0.6) is 0 Å². The van der Waals surface area contributed by atoms with Gasteiger partial charge in [-0.2, -0.15) is 0 Å². The highest BCUT2D eigenvalue weighted by molar-refractivity contribution is 7.89. The normalized spacial score (nSPS) is 35.7. The standard InChI is InChI=1S/C24H42N4O4S/c29-17-18-6-10-26(16-18)24(30)22-15-25-28-13-9-20(14-23(22)28)19-7-11-27(12-8-19)33(31,32)21-4-2-1-3-5-21/h18-23,25,29H,1-17H2. The number of hydrazine groups is 1. The Kier molecular flexibility index (Phi) is 7.33. The van der Waals surface area contributed by atoms with E-state index in [9.17, 15) is 18.3 Å². The lowest BCUT2D eigenvalue weighted by Gasteiger charge is -2.43. The zero-order valence-electron chi connectivity index (χ0n) is 19.9. The van der Waals surface area contributed by atoms with E-state index in [1.165, 1.54) is 6.42 Å². The molecule has 4 unspecified atom stereocenters. The predicted molar refractivity (Wildman–Crippen MR) is 127 cm³/mol. The van der Waals surface area contributed by atoms with E-state index >= 15 is 0 Å². The average Bonchev–Trinajstić information content (AvgIpc) is 3.51. The molecule has 8 nitrogen and oxygen atoms in total. The number of sulfonamides is 1. The maximum atomic E-state index is 13.3. The van der Waals surface area contributed by atoms with E-state index in [4.69, 9.17) is 0 Å². The Balaban J connectivity index is 1.16. The molecule has 0 radical (unpaired) electrons. The van der Waals surface area contributed by atoms with Gasteiger partial charge in [0, 0.05) is 57.8 Å². The van der Waals surface area contributed by atoms with Gasteiger partial charge in [0.2, 0.25) is 15.9 Å². The Morgan fingerprint density at radius 3 is 2.33 bits per heavy atom. The van der Waals surface area contributed by atoms with Gasteiger partial charge in [-0.3, -0.25) is 10.2 Å². The minimum absolute atomic E-state index is 0.00277. The molecule has 0 spiro atoms. The molecular formula is C24H42N4O4S. The molecule has 1 saturated carbocycles. The number of likely N-dealkylation sites (tertiary alicyclic amines) is 1. The van der Waals surface area contributed by atoms with Crippen LogP contribution in [0.4, 0.5) is 0 Å². The molecule has 1 aliphatic carbocycles. The fourth-order valence-corrected chi connectivity index (χ4v) is 9.30. The topological polar surface area (TPSA) is 93.2 Å². The number of piperidine rings is 2. The molecule has 4 heterocycles. The molecule has 0 aromatic carbocycles. The Labute approximate surface area is 199 Å². The van der Waals surface area contributed by atoms with Gasteiger partial charge in [-0.1, -0.05) is 19.3 Å². The van der Waals surface area contributed by atoms with Crippen molar-refractivity contribution in [1.82, 2.24) is 19.6 Å². The molecule has 5 aliphatic rings. The van der Waals surface area contributed by atoms with Crippen molar-refractivity contribution in [3.63, 3.8) is 0 Å². The number of rotatable bonds is 5. The fraction of sp³-hybridized carbons (Fsp3) is 0.958. The largest absolute Gasteiger partial charge is 0.396 e. The summed E-state index contributed by atoms with van der Waals surface area (Å²) in [6.07, 6.45) is 9.91. The molecular weight excluding hydrogens is 440 g/mol. The molecule has 4 atom stereocenters. The van der Waals surface area contributed by atoms with Crippen molar-refractivity contribution in [2.75, 3.05) is 45.9 Å². The maximum absolute atomic E-state index is 13.3. The van der Waals surface area contributed by atoms with Crippen molar-refractivity contribution < 1.29 is 18.3 Å². The summed E-state index contributed by atoms with van der Waals surface area (Å²) in [5.41, 5.74) is 3.47. The lowest BCUT2D eigenvalue weighted by atomic mass is 9.75. The second-order valence-corrected chi connectivity index (χ2v) is 13.4. The van der Waals surface area contributed by atoms with Crippen LogP contribution in [0.15, 0.2) is 0 Å². The molecule has 188 valence electrons. The molecule has 9 heteroatoms. The van der Waals surface area contributed by atoms with Gasteiger partial charge in [-0.25, -0.2) is 17.7 Å². The van der Waals surface area contributed by atoms with E-state index < -0.39 is 10.0 Å². The van der Waals surface area contributed by atoms with E-state index in [0.29, 0.717) is 38.0 Å². The summed E-state index contributed by atoms with van der Waals surface area (Å²) in [6.45, 7) is 4.66. The van der Waals surface area contributed by atoms with Crippen molar-refractivity contribution >= 4 is 15.9 Å². The van der Waals surface area contributed by atoms with E-state index in [-0.39, 0.29) is 35.6 Å². The minimum atomic E-state index is -3.14. The maximum Gasteiger partial charge on any atom is 0.228 e. The van der Waals surface area contributed by atoms with Crippen LogP contribution in [0.1, 0.15) is 64.2 Å². The molecule has 0 aromatic rings. The van der Waals surface area contributed by atoms with Gasteiger partial charge in [-0.05, 0) is 56.8 Å². The minimum Gasteiger partial charge on any atom is -0.396 e. The zero-order valence-corrected chi connectivity index (χ0v) is 20.7. The second-order valence-electron chi connectivity index (χ2n) is 11.2. The molecule has 4 aliphatic heterocycles. The number of hydrogen-bond donors (Lipinski definition) is 2. The Morgan fingerprint density at radius 1 is 0.909 bits per heavy atom. The highest BCUT2D eigenvalue weighted by Gasteiger charge is 2.46. The molecule has 0 bridgehead atoms. The molecule has 1 amide bonds. The number of fused-ring (bicyclic) bond motifs is 1. The van der Waals surface area contributed by atoms with Gasteiger partial charge in [-0.15, -0.1) is 0 Å². The van der Waals surface area contributed by atoms with E-state index in [1.807, 2.05) is 4.90 Å². The van der Waals surface area contributed by atoms with Crippen molar-refractivity contribution in [2.24, 2.45) is 23.7 Å². The van der Waals surface area contributed by atoms with Crippen LogP contribution >= 0.6 is 0 Å². The van der Waals surface area contributed by atoms with E-state index in [1.54, 1.807) is 4.31 Å². The molecule has 2 N–H and O–H groups in total. The number of nitrogens with one attached hydrogen (secondary N) is 1. The first-order chi connectivity index (χ1) is 16.0. The Hall–Kier alpha value is -0.740. The van der Waals surface area contributed by atoms with E-state index in [0.717, 1.165) is 70.9 Å². The zero-order chi connectivity index (χ0) is 23.0. The summed E-state index contributed by atoms with van der Waals surface area (Å²) in [5, 5.41) is 11.6. The third-order valence-corrected chi connectivity index (χ3v) is 11.7. The van der Waals surface area contributed by atoms with Crippen molar-refractivity contribution in [2.45, 2.75) is 75.5 Å². The van der Waals surface area contributed by atoms with Crippen LogP contribution in [0.3, 0.4) is 0 Å². The molecule has 0 aromatic heterocycles. The van der Waals surface area contributed by atoms with Crippen LogP contribution in [-0.2, 0) is 14.8 Å². The van der Waals surface area contributed by atoms with Crippen molar-refractivity contribution in [3.05, 3.63) is 0 Å². The van der Waals surface area contributed by atoms with Crippen LogP contribution in [0, 0.1) is 23.7 Å². The summed E-state index contributed by atoms with van der Waals surface area (Å²) in [5.74, 6) is 1.61. The summed E-state index contributed by atoms with van der Waals surface area (Å²) >= 11 is 0. The Morgan fingerprint density at radius 2 is 1.64 bits per heavy atom. The molecule has 5 rings (SSSR count). The number of carbonyl (C=O) groups excluding carboxylic acids is 1. The predicted octanol–water partition coefficient (Wildman–Crippen LogP) is 1.42. The summed E-state index contributed by atoms with van der Waals surface area (Å²) in [7, 11) is -3.14. The SMILES string of the molecule is O=C(C1CNN2CCC(C3CCN(S(=O)(=O)C4CCCCC4)CC3)CC12)N1CCC(CO)C1. The highest BCUT2D eigenvalue weighted by Crippen LogP contribution is 2.39. The molecule has 4 saturated heterocycles. The van der Waals surface area contributed by atoms with E-state index in [2.05, 4.69) is 10.4 Å². The number of aliphatic hydroxyl groups excluding tert-OH is 1. The average molecular weight is 483 g/mol. The van der Waals surface area contributed by atoms with Crippen molar-refractivity contribution in [1.29, 1.82) is 0 Å². The number of carbonyl (C=O) groups is 1. The lowest BCUT2D eigenvalue weighted by Crippen LogP contribution is -2.50. The number of amides is 1. The van der Waals surface area contributed by atoms with Gasteiger partial charge in [0.1, 0.15) is 0 Å². The molecule has 5 fully saturated rings. The quantitative estimate of drug-likeness (QED) is 0.616. The number of aliphatic hydroxyl groups is 1. The van der Waals surface area contributed by atoms with Crippen LogP contribution in [-0.4, -0.2) is 90.8 Å². The first kappa shape index (κ1) is 24.0. The van der Waals surface area contributed by atoms with Crippen LogP contribution in [0.2, 0.25) is 0 Å². The first-order valence-corrected chi connectivity index (χ1v) is 14.9. The van der Waals surface area contributed by atoms with Gasteiger partial charge in [0.25, 0.3) is 0 Å². The van der Waals surface area contributed by atoms with Crippen LogP contribution in [0.25, 0.3) is 0 Å². The highest BCUT2D eigenvalue weighted by atomic mass is 32.2. The smallest absolute Gasteiger partial charge is 0.228 e. The van der Waals surface area contributed by atoms with Crippen molar-refractivity contribution in [3.8, 4) is 0 Å². The van der Waals surface area contributed by atoms with Gasteiger partial charge in [0.15, 0.2) is 0 Å². The number of hydrogen-bond acceptors (Lipinski definition) is 6. The molecule has 33 heavy (non-hydrogen) atoms. The Bertz CT molecular complexity index is 794. The second kappa shape index (κ2) is 10.1. The van der Waals surface area contributed by atoms with Gasteiger partial charge >= 0.3 is 0 Å². The third kappa shape index (κ3) is 4.85. The van der Waals surface area contributed by atoms with Crippen LogP contribution < -0.4 is 5.43 Å².